The lowest BCUT2D eigenvalue weighted by Gasteiger charge is -2.20. The fraction of sp³-hybridized carbons (Fsp3) is 0.636. The van der Waals surface area contributed by atoms with Gasteiger partial charge in [0.05, 0.1) is 13.1 Å². The first-order valence-corrected chi connectivity index (χ1v) is 11.0. The minimum Gasteiger partial charge on any atom is -0.349 e. The van der Waals surface area contributed by atoms with Gasteiger partial charge in [-0.05, 0) is 19.8 Å². The van der Waals surface area contributed by atoms with Crippen molar-refractivity contribution in [1.29, 1.82) is 0 Å². The van der Waals surface area contributed by atoms with E-state index in [1.807, 2.05) is 0 Å². The van der Waals surface area contributed by atoms with Crippen LogP contribution >= 0.6 is 0 Å². The number of nitrogens with two attached hydrogens (primary N) is 2. The predicted molar refractivity (Wildman–Crippen MR) is 123 cm³/mol. The van der Waals surface area contributed by atoms with Crippen molar-refractivity contribution in [2.75, 3.05) is 13.1 Å². The number of hydroxylamine groups is 4. The average Bonchev–Trinajstić information content (AvgIpc) is 2.80. The Kier molecular flexibility index (Phi) is 19.4. The van der Waals surface area contributed by atoms with Crippen LogP contribution in [-0.4, -0.2) is 47.2 Å². The van der Waals surface area contributed by atoms with Crippen LogP contribution in [0.5, 0.6) is 0 Å². The van der Waals surface area contributed by atoms with E-state index in [0.717, 1.165) is 28.2 Å². The van der Waals surface area contributed by atoms with Crippen molar-refractivity contribution < 1.29 is 28.9 Å². The van der Waals surface area contributed by atoms with Crippen LogP contribution in [-0.2, 0) is 19.3 Å². The third-order valence-corrected chi connectivity index (χ3v) is 4.49. The number of amides is 4. The lowest BCUT2D eigenvalue weighted by molar-refractivity contribution is -0.169. The van der Waals surface area contributed by atoms with Crippen molar-refractivity contribution in [2.45, 2.75) is 72.1 Å². The van der Waals surface area contributed by atoms with Crippen molar-refractivity contribution in [3.05, 3.63) is 25.3 Å². The van der Waals surface area contributed by atoms with Gasteiger partial charge in [-0.25, -0.2) is 19.2 Å². The molecule has 0 aromatic carbocycles. The summed E-state index contributed by atoms with van der Waals surface area (Å²) in [5, 5.41) is 1.48. The van der Waals surface area contributed by atoms with Crippen molar-refractivity contribution in [3.63, 3.8) is 0 Å². The summed E-state index contributed by atoms with van der Waals surface area (Å²) >= 11 is 0. The molecule has 0 unspecified atom stereocenters. The van der Waals surface area contributed by atoms with Crippen LogP contribution in [0.2, 0.25) is 0 Å². The number of carbonyl (C=O) groups excluding carboxylic acids is 4. The van der Waals surface area contributed by atoms with Crippen LogP contribution in [0, 0.1) is 5.92 Å². The van der Waals surface area contributed by atoms with Crippen molar-refractivity contribution in [3.8, 4) is 0 Å². The van der Waals surface area contributed by atoms with E-state index in [4.69, 9.17) is 11.5 Å². The molecule has 0 aromatic heterocycles. The Hall–Kier alpha value is -3.04. The van der Waals surface area contributed by atoms with Crippen molar-refractivity contribution in [1.82, 2.24) is 10.1 Å². The molecule has 1 saturated carbocycles. The Balaban J connectivity index is 0. The first kappa shape index (κ1) is 31.1. The Morgan fingerprint density at radius 1 is 0.844 bits per heavy atom. The van der Waals surface area contributed by atoms with Crippen LogP contribution in [0.1, 0.15) is 72.1 Å². The highest BCUT2D eigenvalue weighted by atomic mass is 16.7. The Morgan fingerprint density at radius 2 is 1.25 bits per heavy atom. The van der Waals surface area contributed by atoms with Crippen LogP contribution in [0.4, 0.5) is 9.59 Å². The maximum Gasteiger partial charge on any atom is 0.355 e. The third-order valence-electron chi connectivity index (χ3n) is 4.49. The summed E-state index contributed by atoms with van der Waals surface area (Å²) in [4.78, 5) is 50.7. The lowest BCUT2D eigenvalue weighted by atomic mass is 9.86. The molecule has 1 fully saturated rings. The monoisotopic (exact) mass is 456 g/mol. The van der Waals surface area contributed by atoms with Crippen molar-refractivity contribution >= 4 is 24.0 Å². The molecule has 0 saturated heterocycles. The smallest absolute Gasteiger partial charge is 0.349 e. The van der Waals surface area contributed by atoms with Crippen LogP contribution in [0.3, 0.4) is 0 Å². The fourth-order valence-corrected chi connectivity index (χ4v) is 2.79. The molecular weight excluding hydrogens is 416 g/mol. The third kappa shape index (κ3) is 16.7. The maximum absolute atomic E-state index is 10.5. The van der Waals surface area contributed by atoms with Gasteiger partial charge in [-0.15, -0.1) is 0 Å². The molecule has 0 aromatic rings. The van der Waals surface area contributed by atoms with Gasteiger partial charge in [-0.2, -0.15) is 10.1 Å². The second-order valence-corrected chi connectivity index (χ2v) is 6.94. The van der Waals surface area contributed by atoms with E-state index < -0.39 is 24.0 Å². The van der Waals surface area contributed by atoms with Crippen molar-refractivity contribution in [2.24, 2.45) is 17.4 Å². The van der Waals surface area contributed by atoms with Crippen LogP contribution in [0.25, 0.3) is 0 Å². The molecule has 1 aliphatic rings. The Bertz CT molecular complexity index is 551. The summed E-state index contributed by atoms with van der Waals surface area (Å²) in [6, 6.07) is -1.61. The number of carbonyl (C=O) groups is 4. The number of urea groups is 2. The largest absolute Gasteiger partial charge is 0.355 e. The minimum atomic E-state index is -0.803. The molecule has 4 N–H and O–H groups in total. The summed E-state index contributed by atoms with van der Waals surface area (Å²) in [5.41, 5.74) is 9.65. The fourth-order valence-electron chi connectivity index (χ4n) is 2.79. The summed E-state index contributed by atoms with van der Waals surface area (Å²) in [5.74, 6) is -0.301. The first-order chi connectivity index (χ1) is 15.2. The highest BCUT2D eigenvalue weighted by Crippen LogP contribution is 2.27. The molecule has 4 amide bonds. The average molecular weight is 457 g/mol. The van der Waals surface area contributed by atoms with E-state index in [-0.39, 0.29) is 13.1 Å². The minimum absolute atomic E-state index is 0.217. The summed E-state index contributed by atoms with van der Waals surface area (Å²) in [7, 11) is 0. The predicted octanol–water partition coefficient (Wildman–Crippen LogP) is 3.82. The van der Waals surface area contributed by atoms with Gasteiger partial charge in [0.1, 0.15) is 0 Å². The van der Waals surface area contributed by atoms with Gasteiger partial charge in [-0.1, -0.05) is 71.4 Å². The normalized spacial score (nSPS) is 12.5. The van der Waals surface area contributed by atoms with Gasteiger partial charge >= 0.3 is 24.0 Å². The highest BCUT2D eigenvalue weighted by molar-refractivity contribution is 5.83. The molecule has 0 atom stereocenters. The number of nitrogens with zero attached hydrogens (tertiary/aromatic N) is 2. The van der Waals surface area contributed by atoms with E-state index in [0.29, 0.717) is 0 Å². The zero-order chi connectivity index (χ0) is 24.9. The van der Waals surface area contributed by atoms with Gasteiger partial charge < -0.3 is 21.1 Å². The molecule has 184 valence electrons. The zero-order valence-electron chi connectivity index (χ0n) is 19.7. The van der Waals surface area contributed by atoms with Gasteiger partial charge in [0.2, 0.25) is 0 Å². The van der Waals surface area contributed by atoms with Crippen LogP contribution < -0.4 is 11.5 Å². The lowest BCUT2D eigenvalue weighted by Crippen LogP contribution is -2.36. The van der Waals surface area contributed by atoms with E-state index in [1.165, 1.54) is 51.4 Å². The summed E-state index contributed by atoms with van der Waals surface area (Å²) in [6.07, 6.45) is 13.8. The molecule has 1 aliphatic carbocycles. The number of rotatable bonds is 7. The topological polar surface area (TPSA) is 145 Å². The Morgan fingerprint density at radius 3 is 1.53 bits per heavy atom. The number of hydrogen-bond donors (Lipinski definition) is 2. The number of primary amides is 2. The van der Waals surface area contributed by atoms with Gasteiger partial charge in [0.25, 0.3) is 0 Å². The van der Waals surface area contributed by atoms with Gasteiger partial charge in [0, 0.05) is 12.2 Å². The van der Waals surface area contributed by atoms with E-state index >= 15 is 0 Å². The van der Waals surface area contributed by atoms with E-state index in [1.54, 1.807) is 13.8 Å². The molecular formula is C22H40N4O6. The molecule has 10 heteroatoms. The van der Waals surface area contributed by atoms with Crippen LogP contribution in [0.15, 0.2) is 25.3 Å². The summed E-state index contributed by atoms with van der Waals surface area (Å²) < 4.78 is 0. The second kappa shape index (κ2) is 19.9. The zero-order valence-corrected chi connectivity index (χ0v) is 19.7. The van der Waals surface area contributed by atoms with E-state index in [9.17, 15) is 19.2 Å². The number of hydrogen-bond acceptors (Lipinski definition) is 6. The first-order valence-electron chi connectivity index (χ1n) is 11.0. The maximum atomic E-state index is 10.5. The Labute approximate surface area is 191 Å². The highest BCUT2D eigenvalue weighted by Gasteiger charge is 2.12. The van der Waals surface area contributed by atoms with Gasteiger partial charge in [0.15, 0.2) is 0 Å². The molecule has 32 heavy (non-hydrogen) atoms. The van der Waals surface area contributed by atoms with Gasteiger partial charge in [-0.3, -0.25) is 0 Å². The molecule has 0 bridgehead atoms. The molecule has 10 nitrogen and oxygen atoms in total. The quantitative estimate of drug-likeness (QED) is 0.440. The number of unbranched alkanes of at least 4 members (excludes halogenated alkanes) is 1. The standard InChI is InChI=1S/C10H20.2C6H10N2O3/c1-2-3-7-10-8-5-4-6-9-10;2*1-3-5(9)11-8(4-2)6(7)10/h10H,2-9H2,1H3;2*3H,1,4H2,2H3,(H2,7,10). The molecule has 0 aliphatic heterocycles. The molecule has 0 radical (unpaired) electrons. The molecule has 0 heterocycles. The molecule has 0 spiro atoms. The SMILES string of the molecule is C=CC(=O)ON(CC)C(N)=O.C=CC(=O)ON(CC)C(N)=O.CCCCC1CCCCC1. The second-order valence-electron chi connectivity index (χ2n) is 6.94. The van der Waals surface area contributed by atoms with E-state index in [2.05, 4.69) is 29.8 Å². The molecule has 1 rings (SSSR count). The summed E-state index contributed by atoms with van der Waals surface area (Å²) in [6.45, 7) is 12.3.